The highest BCUT2D eigenvalue weighted by Gasteiger charge is 2.02. The molecule has 0 radical (unpaired) electrons. The standard InChI is InChI=1S/C7H11N3O2/c8-3-1-2-7(11)12-10-5-4-9-6-10/h4-6H,1-3,8H2. The van der Waals surface area contributed by atoms with E-state index in [1.54, 1.807) is 6.20 Å². The molecule has 5 heteroatoms. The summed E-state index contributed by atoms with van der Waals surface area (Å²) in [6, 6.07) is 0. The molecular weight excluding hydrogens is 158 g/mol. The van der Waals surface area contributed by atoms with Crippen LogP contribution in [0.3, 0.4) is 0 Å². The molecule has 0 spiro atoms. The molecule has 0 bridgehead atoms. The third-order valence-corrected chi connectivity index (χ3v) is 1.27. The number of carbonyl (C=O) groups is 1. The monoisotopic (exact) mass is 169 g/mol. The lowest BCUT2D eigenvalue weighted by Gasteiger charge is -2.01. The first-order valence-electron chi connectivity index (χ1n) is 3.72. The van der Waals surface area contributed by atoms with Gasteiger partial charge in [-0.2, -0.15) is 4.73 Å². The molecule has 0 atom stereocenters. The maximum Gasteiger partial charge on any atom is 0.332 e. The molecule has 1 aromatic rings. The first-order valence-corrected chi connectivity index (χ1v) is 3.72. The van der Waals surface area contributed by atoms with Crippen molar-refractivity contribution < 1.29 is 9.63 Å². The van der Waals surface area contributed by atoms with Crippen LogP contribution in [0.15, 0.2) is 18.7 Å². The van der Waals surface area contributed by atoms with Crippen LogP contribution >= 0.6 is 0 Å². The van der Waals surface area contributed by atoms with Gasteiger partial charge in [-0.25, -0.2) is 9.78 Å². The molecule has 66 valence electrons. The van der Waals surface area contributed by atoms with Crippen LogP contribution in [-0.2, 0) is 4.79 Å². The number of imidazole rings is 1. The van der Waals surface area contributed by atoms with Crippen molar-refractivity contribution in [2.75, 3.05) is 6.54 Å². The molecule has 0 aliphatic heterocycles. The maximum atomic E-state index is 10.9. The molecular formula is C7H11N3O2. The van der Waals surface area contributed by atoms with Crippen LogP contribution < -0.4 is 10.6 Å². The van der Waals surface area contributed by atoms with E-state index in [2.05, 4.69) is 4.98 Å². The predicted octanol–water partition coefficient (Wildman–Crippen LogP) is -0.423. The molecule has 0 aromatic carbocycles. The van der Waals surface area contributed by atoms with E-state index in [9.17, 15) is 4.79 Å². The minimum absolute atomic E-state index is 0.293. The molecule has 0 saturated heterocycles. The molecule has 2 N–H and O–H groups in total. The van der Waals surface area contributed by atoms with E-state index in [-0.39, 0.29) is 5.97 Å². The predicted molar refractivity (Wildman–Crippen MR) is 42.1 cm³/mol. The average molecular weight is 169 g/mol. The van der Waals surface area contributed by atoms with Crippen LogP contribution in [0.1, 0.15) is 12.8 Å². The average Bonchev–Trinajstić information content (AvgIpc) is 2.53. The van der Waals surface area contributed by atoms with Gasteiger partial charge in [0.05, 0.1) is 6.20 Å². The van der Waals surface area contributed by atoms with Gasteiger partial charge in [-0.3, -0.25) is 0 Å². The number of aromatic nitrogens is 2. The molecule has 0 aliphatic carbocycles. The van der Waals surface area contributed by atoms with Crippen molar-refractivity contribution in [2.45, 2.75) is 12.8 Å². The highest BCUT2D eigenvalue weighted by atomic mass is 16.7. The third-order valence-electron chi connectivity index (χ3n) is 1.27. The zero-order valence-corrected chi connectivity index (χ0v) is 6.64. The second kappa shape index (κ2) is 4.50. The smallest absolute Gasteiger partial charge is 0.332 e. The van der Waals surface area contributed by atoms with Crippen LogP contribution in [0.4, 0.5) is 0 Å². The van der Waals surface area contributed by atoms with Crippen molar-refractivity contribution in [3.05, 3.63) is 18.7 Å². The van der Waals surface area contributed by atoms with Crippen LogP contribution in [-0.4, -0.2) is 22.2 Å². The van der Waals surface area contributed by atoms with E-state index in [1.165, 1.54) is 17.3 Å². The summed E-state index contributed by atoms with van der Waals surface area (Å²) in [5.74, 6) is -0.293. The molecule has 1 aromatic heterocycles. The SMILES string of the molecule is NCCCC(=O)On1ccnc1. The fraction of sp³-hybridized carbons (Fsp3) is 0.429. The Labute approximate surface area is 70.1 Å². The van der Waals surface area contributed by atoms with E-state index in [1.807, 2.05) is 0 Å². The second-order valence-corrected chi connectivity index (χ2v) is 2.28. The van der Waals surface area contributed by atoms with Gasteiger partial charge < -0.3 is 10.6 Å². The number of nitrogens with zero attached hydrogens (tertiary/aromatic N) is 2. The topological polar surface area (TPSA) is 70.1 Å². The van der Waals surface area contributed by atoms with Gasteiger partial charge in [0.15, 0.2) is 0 Å². The van der Waals surface area contributed by atoms with Gasteiger partial charge in [0, 0.05) is 12.6 Å². The number of hydrogen-bond acceptors (Lipinski definition) is 4. The van der Waals surface area contributed by atoms with Crippen molar-refractivity contribution in [3.8, 4) is 0 Å². The molecule has 1 rings (SSSR count). The van der Waals surface area contributed by atoms with Crippen molar-refractivity contribution in [1.82, 2.24) is 9.71 Å². The minimum atomic E-state index is -0.293. The summed E-state index contributed by atoms with van der Waals surface area (Å²) in [6.07, 6.45) is 5.50. The van der Waals surface area contributed by atoms with Crippen molar-refractivity contribution in [2.24, 2.45) is 5.73 Å². The summed E-state index contributed by atoms with van der Waals surface area (Å²) in [5, 5.41) is 0. The molecule has 0 amide bonds. The van der Waals surface area contributed by atoms with E-state index in [0.717, 1.165) is 0 Å². The fourth-order valence-corrected chi connectivity index (χ4v) is 0.710. The Morgan fingerprint density at radius 2 is 2.50 bits per heavy atom. The van der Waals surface area contributed by atoms with Crippen LogP contribution in [0.25, 0.3) is 0 Å². The summed E-state index contributed by atoms with van der Waals surface area (Å²) in [6.45, 7) is 0.499. The van der Waals surface area contributed by atoms with Gasteiger partial charge in [-0.15, -0.1) is 0 Å². The Kier molecular flexibility index (Phi) is 3.28. The molecule has 0 aliphatic rings. The summed E-state index contributed by atoms with van der Waals surface area (Å²) >= 11 is 0. The van der Waals surface area contributed by atoms with Crippen molar-refractivity contribution >= 4 is 5.97 Å². The lowest BCUT2D eigenvalue weighted by atomic mass is 10.3. The molecule has 5 nitrogen and oxygen atoms in total. The number of rotatable bonds is 4. The van der Waals surface area contributed by atoms with E-state index >= 15 is 0 Å². The largest absolute Gasteiger partial charge is 0.336 e. The van der Waals surface area contributed by atoms with Crippen molar-refractivity contribution in [1.29, 1.82) is 0 Å². The highest BCUT2D eigenvalue weighted by Crippen LogP contribution is 1.89. The number of carbonyl (C=O) groups excluding carboxylic acids is 1. The number of hydrogen-bond donors (Lipinski definition) is 1. The van der Waals surface area contributed by atoms with Gasteiger partial charge in [0.25, 0.3) is 0 Å². The summed E-state index contributed by atoms with van der Waals surface area (Å²) < 4.78 is 1.26. The van der Waals surface area contributed by atoms with Gasteiger partial charge in [0.1, 0.15) is 6.33 Å². The summed E-state index contributed by atoms with van der Waals surface area (Å²) in [5.41, 5.74) is 5.22. The molecule has 12 heavy (non-hydrogen) atoms. The third kappa shape index (κ3) is 2.71. The number of nitrogens with two attached hydrogens (primary N) is 1. The van der Waals surface area contributed by atoms with E-state index in [4.69, 9.17) is 10.6 Å². The van der Waals surface area contributed by atoms with Crippen LogP contribution in [0.5, 0.6) is 0 Å². The first kappa shape index (κ1) is 8.73. The zero-order valence-electron chi connectivity index (χ0n) is 6.64. The quantitative estimate of drug-likeness (QED) is 0.664. The normalized spacial score (nSPS) is 9.75. The second-order valence-electron chi connectivity index (χ2n) is 2.28. The van der Waals surface area contributed by atoms with Gasteiger partial charge in [0.2, 0.25) is 0 Å². The van der Waals surface area contributed by atoms with Crippen LogP contribution in [0, 0.1) is 0 Å². The Balaban J connectivity index is 2.27. The Morgan fingerprint density at radius 3 is 3.08 bits per heavy atom. The Hall–Kier alpha value is -1.36. The summed E-state index contributed by atoms with van der Waals surface area (Å²) in [7, 11) is 0. The minimum Gasteiger partial charge on any atom is -0.336 e. The Morgan fingerprint density at radius 1 is 1.67 bits per heavy atom. The van der Waals surface area contributed by atoms with Gasteiger partial charge >= 0.3 is 5.97 Å². The van der Waals surface area contributed by atoms with Gasteiger partial charge in [-0.1, -0.05) is 0 Å². The molecule has 1 heterocycles. The van der Waals surface area contributed by atoms with E-state index in [0.29, 0.717) is 19.4 Å². The van der Waals surface area contributed by atoms with Gasteiger partial charge in [-0.05, 0) is 13.0 Å². The van der Waals surface area contributed by atoms with E-state index < -0.39 is 0 Å². The van der Waals surface area contributed by atoms with Crippen LogP contribution in [0.2, 0.25) is 0 Å². The van der Waals surface area contributed by atoms with Crippen molar-refractivity contribution in [3.63, 3.8) is 0 Å². The zero-order chi connectivity index (χ0) is 8.81. The fourth-order valence-electron chi connectivity index (χ4n) is 0.710. The molecule has 0 fully saturated rings. The first-order chi connectivity index (χ1) is 5.83. The Bertz CT molecular complexity index is 233. The highest BCUT2D eigenvalue weighted by molar-refractivity contribution is 5.69. The summed E-state index contributed by atoms with van der Waals surface area (Å²) in [4.78, 5) is 19.5. The lowest BCUT2D eigenvalue weighted by molar-refractivity contribution is -0.144. The molecule has 0 unspecified atom stereocenters. The lowest BCUT2D eigenvalue weighted by Crippen LogP contribution is -2.18. The molecule has 0 saturated carbocycles. The maximum absolute atomic E-state index is 10.9.